The van der Waals surface area contributed by atoms with E-state index in [1.54, 1.807) is 0 Å². The Morgan fingerprint density at radius 3 is 1.35 bits per heavy atom. The standard InChI is InChI=1S/C61H42N2/c1-5-19-43(20-6-1)45-35-37-49(38-36-45)63(48-26-11-4-12-27-48)59-34-18-33-57-60(59)54-30-14-16-32-56(54)61(57)55-31-15-13-29-52(55)53-40-39-51(42-58(53)61)62(47-24-9-3-10-25-47)50-28-17-23-46(41-50)44-21-7-2-8-22-44/h1-42H. The maximum Gasteiger partial charge on any atom is 0.0727 e. The molecular weight excluding hydrogens is 761 g/mol. The van der Waals surface area contributed by atoms with Crippen LogP contribution in [0.15, 0.2) is 255 Å². The Hall–Kier alpha value is -8.20. The van der Waals surface area contributed by atoms with E-state index in [2.05, 4.69) is 265 Å². The minimum absolute atomic E-state index is 0.558. The maximum absolute atomic E-state index is 2.48. The minimum atomic E-state index is -0.558. The molecule has 296 valence electrons. The van der Waals surface area contributed by atoms with Crippen LogP contribution in [0.4, 0.5) is 34.1 Å². The number of benzene rings is 10. The Balaban J connectivity index is 1.09. The molecule has 0 amide bonds. The summed E-state index contributed by atoms with van der Waals surface area (Å²) >= 11 is 0. The van der Waals surface area contributed by atoms with Crippen molar-refractivity contribution in [2.24, 2.45) is 0 Å². The number of para-hydroxylation sites is 2. The number of rotatable bonds is 8. The highest BCUT2D eigenvalue weighted by atomic mass is 15.1. The van der Waals surface area contributed by atoms with E-state index in [9.17, 15) is 0 Å². The van der Waals surface area contributed by atoms with Crippen molar-refractivity contribution < 1.29 is 0 Å². The molecular formula is C61H42N2. The Bertz CT molecular complexity index is 3270. The molecule has 2 heteroatoms. The second kappa shape index (κ2) is 15.1. The van der Waals surface area contributed by atoms with Gasteiger partial charge in [-0.25, -0.2) is 0 Å². The van der Waals surface area contributed by atoms with Crippen molar-refractivity contribution in [3.63, 3.8) is 0 Å². The third-order valence-corrected chi connectivity index (χ3v) is 13.0. The molecule has 63 heavy (non-hydrogen) atoms. The van der Waals surface area contributed by atoms with Crippen molar-refractivity contribution >= 4 is 34.1 Å². The van der Waals surface area contributed by atoms with Gasteiger partial charge in [-0.2, -0.15) is 0 Å². The number of hydrogen-bond acceptors (Lipinski definition) is 2. The quantitative estimate of drug-likeness (QED) is 0.151. The van der Waals surface area contributed by atoms with Crippen molar-refractivity contribution in [1.82, 2.24) is 0 Å². The van der Waals surface area contributed by atoms with Crippen LogP contribution in [0.1, 0.15) is 22.3 Å². The van der Waals surface area contributed by atoms with Crippen LogP contribution in [0, 0.1) is 0 Å². The van der Waals surface area contributed by atoms with Crippen LogP contribution in [0.25, 0.3) is 44.5 Å². The predicted molar refractivity (Wildman–Crippen MR) is 263 cm³/mol. The van der Waals surface area contributed by atoms with E-state index >= 15 is 0 Å². The molecule has 0 bridgehead atoms. The summed E-state index contributed by atoms with van der Waals surface area (Å²) in [6.45, 7) is 0. The van der Waals surface area contributed by atoms with Gasteiger partial charge in [-0.3, -0.25) is 0 Å². The molecule has 0 aliphatic heterocycles. The van der Waals surface area contributed by atoms with Gasteiger partial charge in [0, 0.05) is 34.0 Å². The minimum Gasteiger partial charge on any atom is -0.310 e. The van der Waals surface area contributed by atoms with Gasteiger partial charge in [0.05, 0.1) is 11.1 Å². The predicted octanol–water partition coefficient (Wildman–Crippen LogP) is 16.3. The molecule has 0 fully saturated rings. The zero-order chi connectivity index (χ0) is 41.7. The lowest BCUT2D eigenvalue weighted by molar-refractivity contribution is 0.793. The van der Waals surface area contributed by atoms with Gasteiger partial charge in [0.25, 0.3) is 0 Å². The Morgan fingerprint density at radius 1 is 0.238 bits per heavy atom. The second-order valence-electron chi connectivity index (χ2n) is 16.4. The van der Waals surface area contributed by atoms with Crippen LogP contribution >= 0.6 is 0 Å². The summed E-state index contributed by atoms with van der Waals surface area (Å²) < 4.78 is 0. The third-order valence-electron chi connectivity index (χ3n) is 13.0. The molecule has 0 radical (unpaired) electrons. The Kier molecular flexibility index (Phi) is 8.76. The highest BCUT2D eigenvalue weighted by Crippen LogP contribution is 2.65. The van der Waals surface area contributed by atoms with Crippen LogP contribution in [-0.4, -0.2) is 0 Å². The fourth-order valence-electron chi connectivity index (χ4n) is 10.4. The van der Waals surface area contributed by atoms with Gasteiger partial charge in [0.2, 0.25) is 0 Å². The van der Waals surface area contributed by atoms with E-state index in [-0.39, 0.29) is 0 Å². The smallest absolute Gasteiger partial charge is 0.0727 e. The highest BCUT2D eigenvalue weighted by Gasteiger charge is 2.52. The van der Waals surface area contributed by atoms with Crippen molar-refractivity contribution in [3.05, 3.63) is 277 Å². The molecule has 2 nitrogen and oxygen atoms in total. The van der Waals surface area contributed by atoms with Gasteiger partial charge in [0.1, 0.15) is 0 Å². The molecule has 0 heterocycles. The van der Waals surface area contributed by atoms with E-state index < -0.39 is 5.41 Å². The van der Waals surface area contributed by atoms with E-state index in [4.69, 9.17) is 0 Å². The lowest BCUT2D eigenvalue weighted by Crippen LogP contribution is -2.26. The molecule has 1 spiro atoms. The van der Waals surface area contributed by atoms with Gasteiger partial charge in [-0.1, -0.05) is 188 Å². The zero-order valence-electron chi connectivity index (χ0n) is 34.6. The summed E-state index contributed by atoms with van der Waals surface area (Å²) in [7, 11) is 0. The largest absolute Gasteiger partial charge is 0.310 e. The summed E-state index contributed by atoms with van der Waals surface area (Å²) in [5.41, 5.74) is 21.2. The van der Waals surface area contributed by atoms with Crippen LogP contribution in [0.2, 0.25) is 0 Å². The first kappa shape index (κ1) is 36.6. The highest BCUT2D eigenvalue weighted by molar-refractivity contribution is 6.01. The van der Waals surface area contributed by atoms with E-state index in [1.807, 2.05) is 0 Å². The monoisotopic (exact) mass is 802 g/mol. The van der Waals surface area contributed by atoms with Crippen LogP contribution in [-0.2, 0) is 5.41 Å². The molecule has 10 aromatic carbocycles. The summed E-state index contributed by atoms with van der Waals surface area (Å²) in [4.78, 5) is 4.86. The molecule has 2 aliphatic carbocycles. The molecule has 10 aromatic rings. The zero-order valence-corrected chi connectivity index (χ0v) is 34.6. The van der Waals surface area contributed by atoms with E-state index in [0.29, 0.717) is 0 Å². The van der Waals surface area contributed by atoms with Gasteiger partial charge >= 0.3 is 0 Å². The van der Waals surface area contributed by atoms with Crippen LogP contribution in [0.3, 0.4) is 0 Å². The lowest BCUT2D eigenvalue weighted by atomic mass is 9.70. The average molecular weight is 803 g/mol. The number of anilines is 6. The molecule has 0 N–H and O–H groups in total. The summed E-state index contributed by atoms with van der Waals surface area (Å²) in [6.07, 6.45) is 0. The second-order valence-corrected chi connectivity index (χ2v) is 16.4. The first-order valence-corrected chi connectivity index (χ1v) is 21.8. The maximum atomic E-state index is 2.48. The summed E-state index contributed by atoms with van der Waals surface area (Å²) in [6, 6.07) is 93.2. The normalized spacial score (nSPS) is 14.1. The fraction of sp³-hybridized carbons (Fsp3) is 0.0164. The summed E-state index contributed by atoms with van der Waals surface area (Å²) in [5, 5.41) is 0. The van der Waals surface area contributed by atoms with E-state index in [0.717, 1.165) is 34.1 Å². The molecule has 1 atom stereocenters. The Morgan fingerprint density at radius 2 is 0.667 bits per heavy atom. The van der Waals surface area contributed by atoms with Crippen LogP contribution in [0.5, 0.6) is 0 Å². The average Bonchev–Trinajstić information content (AvgIpc) is 3.83. The number of nitrogens with zero attached hydrogens (tertiary/aromatic N) is 2. The molecule has 1 unspecified atom stereocenters. The van der Waals surface area contributed by atoms with E-state index in [1.165, 1.54) is 66.8 Å². The van der Waals surface area contributed by atoms with Crippen molar-refractivity contribution in [2.75, 3.05) is 9.80 Å². The molecule has 12 rings (SSSR count). The van der Waals surface area contributed by atoms with Gasteiger partial charge in [-0.05, 0) is 128 Å². The lowest BCUT2D eigenvalue weighted by Gasteiger charge is -2.33. The number of fused-ring (bicyclic) bond motifs is 10. The number of hydrogen-bond donors (Lipinski definition) is 0. The van der Waals surface area contributed by atoms with Gasteiger partial charge in [-0.15, -0.1) is 0 Å². The van der Waals surface area contributed by atoms with Crippen molar-refractivity contribution in [3.8, 4) is 44.5 Å². The van der Waals surface area contributed by atoms with Crippen LogP contribution < -0.4 is 9.80 Å². The fourth-order valence-corrected chi connectivity index (χ4v) is 10.4. The molecule has 0 aromatic heterocycles. The molecule has 0 saturated heterocycles. The van der Waals surface area contributed by atoms with Crippen molar-refractivity contribution in [1.29, 1.82) is 0 Å². The summed E-state index contributed by atoms with van der Waals surface area (Å²) in [5.74, 6) is 0. The van der Waals surface area contributed by atoms with Crippen molar-refractivity contribution in [2.45, 2.75) is 5.41 Å². The first-order chi connectivity index (χ1) is 31.3. The topological polar surface area (TPSA) is 6.48 Å². The Labute approximate surface area is 369 Å². The van der Waals surface area contributed by atoms with Gasteiger partial charge < -0.3 is 9.80 Å². The first-order valence-electron chi connectivity index (χ1n) is 21.8. The third kappa shape index (κ3) is 5.87. The van der Waals surface area contributed by atoms with Gasteiger partial charge in [0.15, 0.2) is 0 Å². The molecule has 0 saturated carbocycles. The SMILES string of the molecule is c1ccc(-c2ccc(N(c3ccccc3)c3cccc4c3-c3ccccc3C43c4ccccc4-c4ccc(N(c5ccccc5)c5cccc(-c6ccccc6)c5)cc43)cc2)cc1. The molecule has 2 aliphatic rings.